The van der Waals surface area contributed by atoms with Crippen LogP contribution in [0.4, 0.5) is 17.6 Å². The summed E-state index contributed by atoms with van der Waals surface area (Å²) in [5.74, 6) is -0.489. The van der Waals surface area contributed by atoms with Gasteiger partial charge in [-0.05, 0) is 59.7 Å². The number of nitrogens with zero attached hydrogens (tertiary/aromatic N) is 3. The predicted molar refractivity (Wildman–Crippen MR) is 139 cm³/mol. The molecule has 0 aliphatic carbocycles. The lowest BCUT2D eigenvalue weighted by Crippen LogP contribution is -2.42. The Hall–Kier alpha value is -4.45. The molecule has 2 heterocycles. The summed E-state index contributed by atoms with van der Waals surface area (Å²) >= 11 is 0. The molecule has 41 heavy (non-hydrogen) atoms. The molecule has 2 aliphatic rings. The van der Waals surface area contributed by atoms with Crippen LogP contribution in [0.5, 0.6) is 11.5 Å². The highest BCUT2D eigenvalue weighted by Crippen LogP contribution is 2.39. The van der Waals surface area contributed by atoms with Crippen LogP contribution in [-0.4, -0.2) is 61.0 Å². The molecule has 5 rings (SSSR count). The van der Waals surface area contributed by atoms with Crippen LogP contribution in [0.2, 0.25) is 0 Å². The Kier molecular flexibility index (Phi) is 7.93. The van der Waals surface area contributed by atoms with E-state index < -0.39 is 42.0 Å². The van der Waals surface area contributed by atoms with Gasteiger partial charge >= 0.3 is 6.18 Å². The molecule has 214 valence electrons. The number of benzene rings is 3. The van der Waals surface area contributed by atoms with E-state index in [1.54, 1.807) is 30.3 Å². The molecule has 2 aliphatic heterocycles. The highest BCUT2D eigenvalue weighted by molar-refractivity contribution is 6.03. The van der Waals surface area contributed by atoms with Crippen molar-refractivity contribution in [3.8, 4) is 11.5 Å². The maximum Gasteiger partial charge on any atom is 0.416 e. The molecule has 0 N–H and O–H groups in total. The second-order valence-electron chi connectivity index (χ2n) is 9.42. The number of carbonyl (C=O) groups excluding carboxylic acids is 2. The van der Waals surface area contributed by atoms with E-state index >= 15 is 0 Å². The fraction of sp³-hybridized carbons (Fsp3) is 0.276. The zero-order chi connectivity index (χ0) is 29.1. The first-order valence-electron chi connectivity index (χ1n) is 12.6. The lowest BCUT2D eigenvalue weighted by molar-refractivity contribution is -0.137. The van der Waals surface area contributed by atoms with Crippen molar-refractivity contribution in [1.82, 2.24) is 9.91 Å². The molecular weight excluding hydrogens is 546 g/mol. The summed E-state index contributed by atoms with van der Waals surface area (Å²) in [6.07, 6.45) is -4.24. The van der Waals surface area contributed by atoms with Crippen molar-refractivity contribution in [2.45, 2.75) is 18.6 Å². The summed E-state index contributed by atoms with van der Waals surface area (Å²) in [6.45, 7) is -0.233. The zero-order valence-corrected chi connectivity index (χ0v) is 21.9. The van der Waals surface area contributed by atoms with Crippen LogP contribution in [0.3, 0.4) is 0 Å². The third-order valence-corrected chi connectivity index (χ3v) is 6.76. The van der Waals surface area contributed by atoms with Gasteiger partial charge in [0.05, 0.1) is 23.9 Å². The summed E-state index contributed by atoms with van der Waals surface area (Å²) in [6, 6.07) is 14.2. The molecule has 0 saturated carbocycles. The van der Waals surface area contributed by atoms with Crippen LogP contribution in [0, 0.1) is 5.82 Å². The van der Waals surface area contributed by atoms with Gasteiger partial charge in [0.15, 0.2) is 11.5 Å². The standard InChI is InChI=1S/C29H25F4N3O5/c1-39-13-12-35(28(38)19-2-7-21(8-3-19)29(31,32)33)16-27(37)36-24(20-6-11-25-26(14-20)41-17-40-25)15-23(34-36)18-4-9-22(30)10-5-18/h2-11,14,24H,12-13,15-17H2,1H3/t24-/m0/s1. The lowest BCUT2D eigenvalue weighted by atomic mass is 9.98. The molecule has 0 aromatic heterocycles. The van der Waals surface area contributed by atoms with Crippen LogP contribution in [0.25, 0.3) is 0 Å². The molecule has 0 fully saturated rings. The van der Waals surface area contributed by atoms with Gasteiger partial charge in [0.1, 0.15) is 12.4 Å². The maximum atomic E-state index is 13.7. The summed E-state index contributed by atoms with van der Waals surface area (Å²) in [5.41, 5.74) is 0.981. The molecule has 0 unspecified atom stereocenters. The van der Waals surface area contributed by atoms with Gasteiger partial charge in [-0.15, -0.1) is 0 Å². The molecule has 0 saturated heterocycles. The van der Waals surface area contributed by atoms with E-state index in [2.05, 4.69) is 5.10 Å². The van der Waals surface area contributed by atoms with Crippen molar-refractivity contribution in [3.05, 3.63) is 94.8 Å². The zero-order valence-electron chi connectivity index (χ0n) is 21.9. The Balaban J connectivity index is 1.42. The minimum absolute atomic E-state index is 0.00820. The van der Waals surface area contributed by atoms with Crippen molar-refractivity contribution in [2.24, 2.45) is 5.10 Å². The molecule has 2 amide bonds. The number of carbonyl (C=O) groups is 2. The van der Waals surface area contributed by atoms with E-state index in [-0.39, 0.29) is 25.5 Å². The SMILES string of the molecule is COCCN(CC(=O)N1N=C(c2ccc(F)cc2)C[C@H]1c1ccc2c(c1)OCO2)C(=O)c1ccc(C(F)(F)F)cc1. The predicted octanol–water partition coefficient (Wildman–Crippen LogP) is 5.04. The smallest absolute Gasteiger partial charge is 0.416 e. The fourth-order valence-corrected chi connectivity index (χ4v) is 4.61. The highest BCUT2D eigenvalue weighted by atomic mass is 19.4. The summed E-state index contributed by atoms with van der Waals surface area (Å²) in [4.78, 5) is 28.2. The monoisotopic (exact) mass is 571 g/mol. The van der Waals surface area contributed by atoms with Crippen molar-refractivity contribution in [3.63, 3.8) is 0 Å². The second-order valence-corrected chi connectivity index (χ2v) is 9.42. The quantitative estimate of drug-likeness (QED) is 0.354. The van der Waals surface area contributed by atoms with Gasteiger partial charge < -0.3 is 19.1 Å². The highest BCUT2D eigenvalue weighted by Gasteiger charge is 2.36. The topological polar surface area (TPSA) is 80.7 Å². The van der Waals surface area contributed by atoms with Crippen molar-refractivity contribution in [2.75, 3.05) is 33.6 Å². The summed E-state index contributed by atoms with van der Waals surface area (Å²) < 4.78 is 68.6. The first kappa shape index (κ1) is 28.1. The molecule has 0 radical (unpaired) electrons. The number of hydrogen-bond acceptors (Lipinski definition) is 6. The minimum Gasteiger partial charge on any atom is -0.454 e. The Morgan fingerprint density at radius 3 is 2.41 bits per heavy atom. The van der Waals surface area contributed by atoms with Gasteiger partial charge in [0.2, 0.25) is 6.79 Å². The molecular formula is C29H25F4N3O5. The lowest BCUT2D eigenvalue weighted by Gasteiger charge is -2.27. The fourth-order valence-electron chi connectivity index (χ4n) is 4.61. The third-order valence-electron chi connectivity index (χ3n) is 6.76. The molecule has 0 bridgehead atoms. The van der Waals surface area contributed by atoms with Crippen LogP contribution in [0.1, 0.15) is 39.5 Å². The molecule has 0 spiro atoms. The Morgan fingerprint density at radius 2 is 1.73 bits per heavy atom. The average molecular weight is 572 g/mol. The van der Waals surface area contributed by atoms with E-state index in [9.17, 15) is 27.2 Å². The van der Waals surface area contributed by atoms with Gasteiger partial charge in [-0.25, -0.2) is 9.40 Å². The van der Waals surface area contributed by atoms with Crippen molar-refractivity contribution < 1.29 is 41.4 Å². The van der Waals surface area contributed by atoms with Crippen LogP contribution >= 0.6 is 0 Å². The number of rotatable bonds is 8. The number of alkyl halides is 3. The van der Waals surface area contributed by atoms with Crippen LogP contribution in [-0.2, 0) is 15.7 Å². The third kappa shape index (κ3) is 6.17. The minimum atomic E-state index is -4.55. The first-order chi connectivity index (χ1) is 19.6. The molecule has 1 atom stereocenters. The van der Waals surface area contributed by atoms with E-state index in [0.717, 1.165) is 24.3 Å². The second kappa shape index (κ2) is 11.6. The molecule has 3 aromatic carbocycles. The summed E-state index contributed by atoms with van der Waals surface area (Å²) in [5, 5.41) is 5.83. The van der Waals surface area contributed by atoms with Gasteiger partial charge in [0, 0.05) is 25.6 Å². The van der Waals surface area contributed by atoms with Gasteiger partial charge in [-0.2, -0.15) is 18.3 Å². The Morgan fingerprint density at radius 1 is 1.02 bits per heavy atom. The summed E-state index contributed by atoms with van der Waals surface area (Å²) in [7, 11) is 1.43. The van der Waals surface area contributed by atoms with E-state index in [1.807, 2.05) is 0 Å². The average Bonchev–Trinajstić information content (AvgIpc) is 3.62. The normalized spacial score (nSPS) is 16.1. The van der Waals surface area contributed by atoms with Gasteiger partial charge in [0.25, 0.3) is 11.8 Å². The number of hydrazone groups is 1. The number of methoxy groups -OCH3 is 1. The number of hydrogen-bond donors (Lipinski definition) is 0. The molecule has 3 aromatic rings. The molecule has 12 heteroatoms. The number of fused-ring (bicyclic) bond motifs is 1. The van der Waals surface area contributed by atoms with Gasteiger partial charge in [-0.3, -0.25) is 9.59 Å². The number of ether oxygens (including phenoxy) is 3. The van der Waals surface area contributed by atoms with Crippen LogP contribution < -0.4 is 9.47 Å². The largest absolute Gasteiger partial charge is 0.454 e. The maximum absolute atomic E-state index is 13.7. The van der Waals surface area contributed by atoms with E-state index in [4.69, 9.17) is 14.2 Å². The first-order valence-corrected chi connectivity index (χ1v) is 12.6. The molecule has 8 nitrogen and oxygen atoms in total. The Bertz CT molecular complexity index is 1460. The Labute approximate surface area is 232 Å². The number of amides is 2. The van der Waals surface area contributed by atoms with Crippen molar-refractivity contribution in [1.29, 1.82) is 0 Å². The number of halogens is 4. The van der Waals surface area contributed by atoms with E-state index in [1.165, 1.54) is 29.2 Å². The van der Waals surface area contributed by atoms with Crippen molar-refractivity contribution >= 4 is 17.5 Å². The van der Waals surface area contributed by atoms with E-state index in [0.29, 0.717) is 34.8 Å². The van der Waals surface area contributed by atoms with Gasteiger partial charge in [-0.1, -0.05) is 18.2 Å². The van der Waals surface area contributed by atoms with Crippen LogP contribution in [0.15, 0.2) is 71.8 Å².